The number of hydrogen-bond donors (Lipinski definition) is 2. The highest BCUT2D eigenvalue weighted by Gasteiger charge is 2.30. The molecule has 2 aromatic carbocycles. The van der Waals surface area contributed by atoms with Crippen LogP contribution >= 0.6 is 23.1 Å². The summed E-state index contributed by atoms with van der Waals surface area (Å²) in [4.78, 5) is 40.3. The van der Waals surface area contributed by atoms with Crippen molar-refractivity contribution in [3.05, 3.63) is 75.9 Å². The molecule has 1 aliphatic rings. The number of thioether (sulfide) groups is 1. The van der Waals surface area contributed by atoms with Crippen molar-refractivity contribution in [2.45, 2.75) is 50.1 Å². The standard InChI is InChI=1S/C31H33N5O6S2/c1-5-42-30(39)26-21-12-9-15-24(21)44-29(26)33-27(37)18(2)43-31-35-34-25(36(31)22-13-6-7-14-23(22)41-4)17-32-28(38)19-10-8-11-20(16-19)40-3/h6-8,10-11,13-14,16,18H,5,9,12,15,17H2,1-4H3,(H,32,38)(H,33,37). The Hall–Kier alpha value is -4.36. The molecular weight excluding hydrogens is 603 g/mol. The number of aryl methyl sites for hydroxylation is 1. The predicted octanol–water partition coefficient (Wildman–Crippen LogP) is 5.06. The number of anilines is 1. The van der Waals surface area contributed by atoms with Crippen molar-refractivity contribution in [3.8, 4) is 17.2 Å². The fraction of sp³-hybridized carbons (Fsp3) is 0.323. The number of nitrogens with zero attached hydrogens (tertiary/aromatic N) is 3. The molecule has 1 unspecified atom stereocenters. The van der Waals surface area contributed by atoms with Gasteiger partial charge in [0.15, 0.2) is 11.0 Å². The van der Waals surface area contributed by atoms with Crippen LogP contribution in [0.25, 0.3) is 5.69 Å². The van der Waals surface area contributed by atoms with Crippen LogP contribution < -0.4 is 20.1 Å². The smallest absolute Gasteiger partial charge is 0.341 e. The number of methoxy groups -OCH3 is 2. The van der Waals surface area contributed by atoms with E-state index in [1.54, 1.807) is 56.9 Å². The molecule has 2 heterocycles. The summed E-state index contributed by atoms with van der Waals surface area (Å²) in [6.45, 7) is 3.84. The van der Waals surface area contributed by atoms with Crippen LogP contribution in [0.3, 0.4) is 0 Å². The Morgan fingerprint density at radius 3 is 2.66 bits per heavy atom. The van der Waals surface area contributed by atoms with Gasteiger partial charge in [-0.2, -0.15) is 0 Å². The molecule has 0 saturated heterocycles. The van der Waals surface area contributed by atoms with Crippen LogP contribution in [-0.2, 0) is 28.9 Å². The normalized spacial score (nSPS) is 12.7. The van der Waals surface area contributed by atoms with Gasteiger partial charge in [0.1, 0.15) is 16.5 Å². The Labute approximate surface area is 263 Å². The number of benzene rings is 2. The van der Waals surface area contributed by atoms with Gasteiger partial charge in [0, 0.05) is 10.4 Å². The van der Waals surface area contributed by atoms with E-state index in [9.17, 15) is 14.4 Å². The summed E-state index contributed by atoms with van der Waals surface area (Å²) in [7, 11) is 3.11. The Bertz CT molecular complexity index is 1680. The molecule has 5 rings (SSSR count). The third-order valence-electron chi connectivity index (χ3n) is 7.05. The van der Waals surface area contributed by atoms with Gasteiger partial charge >= 0.3 is 5.97 Å². The maximum atomic E-state index is 13.5. The van der Waals surface area contributed by atoms with Gasteiger partial charge in [0.05, 0.1) is 43.9 Å². The van der Waals surface area contributed by atoms with Crippen LogP contribution in [0.1, 0.15) is 57.2 Å². The van der Waals surface area contributed by atoms with Crippen LogP contribution in [0.15, 0.2) is 53.7 Å². The third-order valence-corrected chi connectivity index (χ3v) is 9.30. The van der Waals surface area contributed by atoms with E-state index in [0.29, 0.717) is 44.3 Å². The minimum atomic E-state index is -0.612. The Balaban J connectivity index is 1.38. The Morgan fingerprint density at radius 1 is 1.07 bits per heavy atom. The van der Waals surface area contributed by atoms with E-state index in [4.69, 9.17) is 14.2 Å². The lowest BCUT2D eigenvalue weighted by Gasteiger charge is -2.16. The minimum Gasteiger partial charge on any atom is -0.497 e. The van der Waals surface area contributed by atoms with Crippen molar-refractivity contribution in [2.75, 3.05) is 26.1 Å². The summed E-state index contributed by atoms with van der Waals surface area (Å²) < 4.78 is 17.9. The second-order valence-electron chi connectivity index (χ2n) is 9.85. The Kier molecular flexibility index (Phi) is 9.85. The molecule has 0 saturated carbocycles. The summed E-state index contributed by atoms with van der Waals surface area (Å²) in [5.74, 6) is 0.573. The molecule has 2 amide bonds. The first kappa shape index (κ1) is 31.1. The van der Waals surface area contributed by atoms with Gasteiger partial charge in [-0.15, -0.1) is 21.5 Å². The molecule has 44 heavy (non-hydrogen) atoms. The molecule has 2 aromatic heterocycles. The number of nitrogens with one attached hydrogen (secondary N) is 2. The van der Waals surface area contributed by atoms with Crippen molar-refractivity contribution in [1.29, 1.82) is 0 Å². The first-order chi connectivity index (χ1) is 21.3. The number of amides is 2. The molecule has 0 radical (unpaired) electrons. The van der Waals surface area contributed by atoms with E-state index in [-0.39, 0.29) is 25.0 Å². The summed E-state index contributed by atoms with van der Waals surface area (Å²) in [6, 6.07) is 14.2. The number of hydrogen-bond acceptors (Lipinski definition) is 10. The average Bonchev–Trinajstić information content (AvgIpc) is 3.74. The van der Waals surface area contributed by atoms with Crippen LogP contribution in [0.4, 0.5) is 5.00 Å². The average molecular weight is 636 g/mol. The molecule has 0 spiro atoms. The van der Waals surface area contributed by atoms with Gasteiger partial charge in [-0.3, -0.25) is 14.2 Å². The van der Waals surface area contributed by atoms with E-state index >= 15 is 0 Å². The highest BCUT2D eigenvalue weighted by atomic mass is 32.2. The molecule has 0 fully saturated rings. The second-order valence-corrected chi connectivity index (χ2v) is 12.3. The molecular formula is C31H33N5O6S2. The molecule has 1 aliphatic carbocycles. The Morgan fingerprint density at radius 2 is 1.89 bits per heavy atom. The third kappa shape index (κ3) is 6.58. The van der Waals surface area contributed by atoms with E-state index in [2.05, 4.69) is 20.8 Å². The molecule has 11 nitrogen and oxygen atoms in total. The summed E-state index contributed by atoms with van der Waals surface area (Å²) >= 11 is 2.64. The van der Waals surface area contributed by atoms with Crippen molar-refractivity contribution < 1.29 is 28.6 Å². The summed E-state index contributed by atoms with van der Waals surface area (Å²) in [5.41, 5.74) is 2.52. The lowest BCUT2D eigenvalue weighted by Crippen LogP contribution is -2.25. The largest absolute Gasteiger partial charge is 0.497 e. The number of esters is 1. The number of ether oxygens (including phenoxy) is 3. The van der Waals surface area contributed by atoms with Gasteiger partial charge in [-0.05, 0) is 69.0 Å². The molecule has 0 bridgehead atoms. The second kappa shape index (κ2) is 14.0. The SMILES string of the molecule is CCOC(=O)c1c(NC(=O)C(C)Sc2nnc(CNC(=O)c3cccc(OC)c3)n2-c2ccccc2OC)sc2c1CCC2. The fourth-order valence-electron chi connectivity index (χ4n) is 4.91. The van der Waals surface area contributed by atoms with Crippen molar-refractivity contribution >= 4 is 45.9 Å². The van der Waals surface area contributed by atoms with Gasteiger partial charge < -0.3 is 24.8 Å². The highest BCUT2D eigenvalue weighted by molar-refractivity contribution is 8.00. The molecule has 13 heteroatoms. The van der Waals surface area contributed by atoms with Crippen molar-refractivity contribution in [1.82, 2.24) is 20.1 Å². The van der Waals surface area contributed by atoms with Gasteiger partial charge in [-0.1, -0.05) is 30.0 Å². The van der Waals surface area contributed by atoms with Crippen molar-refractivity contribution in [2.24, 2.45) is 0 Å². The molecule has 0 aliphatic heterocycles. The first-order valence-corrected chi connectivity index (χ1v) is 15.8. The topological polar surface area (TPSA) is 134 Å². The minimum absolute atomic E-state index is 0.0614. The number of para-hydroxylation sites is 2. The van der Waals surface area contributed by atoms with Gasteiger partial charge in [-0.25, -0.2) is 4.79 Å². The molecule has 2 N–H and O–H groups in total. The van der Waals surface area contributed by atoms with Crippen LogP contribution in [0.5, 0.6) is 11.5 Å². The lowest BCUT2D eigenvalue weighted by atomic mass is 10.1. The van der Waals surface area contributed by atoms with E-state index in [1.807, 2.05) is 24.3 Å². The van der Waals surface area contributed by atoms with E-state index in [1.165, 1.54) is 23.1 Å². The summed E-state index contributed by atoms with van der Waals surface area (Å²) in [5, 5.41) is 14.9. The molecule has 1 atom stereocenters. The van der Waals surface area contributed by atoms with Gasteiger partial charge in [0.2, 0.25) is 5.91 Å². The number of carbonyl (C=O) groups is 3. The molecule has 4 aromatic rings. The monoisotopic (exact) mass is 635 g/mol. The van der Waals surface area contributed by atoms with Gasteiger partial charge in [0.25, 0.3) is 5.91 Å². The number of carbonyl (C=O) groups excluding carboxylic acids is 3. The number of aromatic nitrogens is 3. The van der Waals surface area contributed by atoms with E-state index < -0.39 is 11.2 Å². The van der Waals surface area contributed by atoms with Crippen LogP contribution in [0, 0.1) is 0 Å². The number of rotatable bonds is 12. The molecule has 230 valence electrons. The number of thiophene rings is 1. The highest BCUT2D eigenvalue weighted by Crippen LogP contribution is 2.40. The maximum absolute atomic E-state index is 13.5. The zero-order chi connectivity index (χ0) is 31.2. The fourth-order valence-corrected chi connectivity index (χ4v) is 7.07. The lowest BCUT2D eigenvalue weighted by molar-refractivity contribution is -0.115. The zero-order valence-corrected chi connectivity index (χ0v) is 26.5. The zero-order valence-electron chi connectivity index (χ0n) is 24.8. The summed E-state index contributed by atoms with van der Waals surface area (Å²) in [6.07, 6.45) is 2.65. The number of fused-ring (bicyclic) bond motifs is 1. The van der Waals surface area contributed by atoms with E-state index in [0.717, 1.165) is 29.7 Å². The first-order valence-electron chi connectivity index (χ1n) is 14.1. The van der Waals surface area contributed by atoms with Crippen LogP contribution in [0.2, 0.25) is 0 Å². The quantitative estimate of drug-likeness (QED) is 0.162. The van der Waals surface area contributed by atoms with Crippen molar-refractivity contribution in [3.63, 3.8) is 0 Å². The maximum Gasteiger partial charge on any atom is 0.341 e. The predicted molar refractivity (Wildman–Crippen MR) is 168 cm³/mol. The van der Waals surface area contributed by atoms with Crippen LogP contribution in [-0.4, -0.2) is 58.6 Å².